The molecule has 11 heteroatoms. The lowest BCUT2D eigenvalue weighted by molar-refractivity contribution is -0.0743. The maximum Gasteiger partial charge on any atom is 0.219 e. The van der Waals surface area contributed by atoms with Gasteiger partial charge in [-0.2, -0.15) is 10.2 Å². The second kappa shape index (κ2) is 11.4. The SMILES string of the molecule is CCc1ccc(N)c(C#N)c1C1CCCc2c(-c3nc(OCC4CCCN4C)cc(N4CCNC5(COC5)C4)n3)noc21. The summed E-state index contributed by atoms with van der Waals surface area (Å²) in [5.41, 5.74) is 11.0. The smallest absolute Gasteiger partial charge is 0.219 e. The Labute approximate surface area is 252 Å². The third-order valence-electron chi connectivity index (χ3n) is 9.72. The average Bonchev–Trinajstić information content (AvgIpc) is 3.65. The molecule has 1 aliphatic carbocycles. The van der Waals surface area contributed by atoms with Crippen LogP contribution in [0.15, 0.2) is 22.7 Å². The van der Waals surface area contributed by atoms with Gasteiger partial charge in [0.05, 0.1) is 24.3 Å². The Morgan fingerprint density at radius 3 is 2.84 bits per heavy atom. The summed E-state index contributed by atoms with van der Waals surface area (Å²) in [5.74, 6) is 2.58. The van der Waals surface area contributed by atoms with Gasteiger partial charge < -0.3 is 34.8 Å². The summed E-state index contributed by atoms with van der Waals surface area (Å²) in [7, 11) is 2.15. The molecule has 3 N–H and O–H groups in total. The van der Waals surface area contributed by atoms with Crippen LogP contribution in [0.25, 0.3) is 11.5 Å². The minimum Gasteiger partial charge on any atom is -0.476 e. The number of aromatic nitrogens is 3. The van der Waals surface area contributed by atoms with Crippen LogP contribution in [-0.4, -0.2) is 84.7 Å². The number of piperazine rings is 1. The zero-order valence-electron chi connectivity index (χ0n) is 25.1. The molecule has 3 saturated heterocycles. The van der Waals surface area contributed by atoms with Gasteiger partial charge in [-0.05, 0) is 69.3 Å². The van der Waals surface area contributed by atoms with E-state index in [1.165, 1.54) is 6.42 Å². The molecular formula is C32H40N8O3. The summed E-state index contributed by atoms with van der Waals surface area (Å²) in [5, 5.41) is 18.3. The van der Waals surface area contributed by atoms with Crippen LogP contribution in [-0.2, 0) is 17.6 Å². The number of anilines is 2. The summed E-state index contributed by atoms with van der Waals surface area (Å²) in [6.45, 7) is 7.66. The second-order valence-electron chi connectivity index (χ2n) is 12.5. The predicted octanol–water partition coefficient (Wildman–Crippen LogP) is 3.27. The van der Waals surface area contributed by atoms with E-state index in [-0.39, 0.29) is 11.5 Å². The number of hydrogen-bond donors (Lipinski definition) is 2. The molecule has 5 heterocycles. The number of rotatable bonds is 7. The lowest BCUT2D eigenvalue weighted by Crippen LogP contribution is -2.70. The number of hydrogen-bond acceptors (Lipinski definition) is 11. The van der Waals surface area contributed by atoms with Crippen LogP contribution in [0.2, 0.25) is 0 Å². The van der Waals surface area contributed by atoms with Gasteiger partial charge in [0.2, 0.25) is 5.88 Å². The van der Waals surface area contributed by atoms with Crippen LogP contribution in [0.3, 0.4) is 0 Å². The Kier molecular flexibility index (Phi) is 7.45. The molecule has 11 nitrogen and oxygen atoms in total. The first-order valence-electron chi connectivity index (χ1n) is 15.6. The van der Waals surface area contributed by atoms with E-state index < -0.39 is 0 Å². The van der Waals surface area contributed by atoms with Crippen LogP contribution in [0.1, 0.15) is 66.5 Å². The first-order chi connectivity index (χ1) is 21.0. The number of likely N-dealkylation sites (N-methyl/N-ethyl adjacent to an activating group) is 1. The number of fused-ring (bicyclic) bond motifs is 1. The van der Waals surface area contributed by atoms with E-state index in [2.05, 4.69) is 40.3 Å². The molecular weight excluding hydrogens is 544 g/mol. The van der Waals surface area contributed by atoms with E-state index in [1.807, 2.05) is 18.2 Å². The standard InChI is InChI=1S/C32H40N8O3/c1-3-20-9-10-25(34)24(15-33)28(20)22-7-4-8-23-29(38-43-30(22)23)31-36-26(40-13-11-35-32(17-40)18-41-19-32)14-27(37-31)42-16-21-6-5-12-39(21)2/h9-10,14,21-22,35H,3-8,11-13,16-19,34H2,1-2H3. The van der Waals surface area contributed by atoms with Crippen molar-refractivity contribution in [1.29, 1.82) is 5.26 Å². The molecule has 43 heavy (non-hydrogen) atoms. The molecule has 3 aliphatic heterocycles. The Morgan fingerprint density at radius 2 is 2.09 bits per heavy atom. The number of nitrogens with zero attached hydrogens (tertiary/aromatic N) is 6. The fourth-order valence-corrected chi connectivity index (χ4v) is 7.23. The van der Waals surface area contributed by atoms with E-state index in [1.54, 1.807) is 0 Å². The van der Waals surface area contributed by atoms with Crippen molar-refractivity contribution in [3.63, 3.8) is 0 Å². The van der Waals surface area contributed by atoms with Crippen molar-refractivity contribution in [3.05, 3.63) is 46.2 Å². The molecule has 0 radical (unpaired) electrons. The molecule has 0 saturated carbocycles. The monoisotopic (exact) mass is 584 g/mol. The number of ether oxygens (including phenoxy) is 2. The van der Waals surface area contributed by atoms with Gasteiger partial charge in [0.25, 0.3) is 0 Å². The first kappa shape index (κ1) is 28.1. The van der Waals surface area contributed by atoms with E-state index in [4.69, 9.17) is 29.7 Å². The van der Waals surface area contributed by atoms with Gasteiger partial charge in [0, 0.05) is 48.9 Å². The highest BCUT2D eigenvalue weighted by molar-refractivity contribution is 5.65. The largest absolute Gasteiger partial charge is 0.476 e. The quantitative estimate of drug-likeness (QED) is 0.396. The molecule has 0 bridgehead atoms. The third-order valence-corrected chi connectivity index (χ3v) is 9.72. The van der Waals surface area contributed by atoms with Gasteiger partial charge >= 0.3 is 0 Å². The van der Waals surface area contributed by atoms with Gasteiger partial charge in [-0.1, -0.05) is 18.1 Å². The molecule has 4 aliphatic rings. The van der Waals surface area contributed by atoms with E-state index in [0.717, 1.165) is 86.6 Å². The van der Waals surface area contributed by atoms with Crippen molar-refractivity contribution < 1.29 is 14.0 Å². The van der Waals surface area contributed by atoms with Gasteiger partial charge in [0.15, 0.2) is 11.5 Å². The van der Waals surface area contributed by atoms with Crippen LogP contribution >= 0.6 is 0 Å². The van der Waals surface area contributed by atoms with Gasteiger partial charge in [-0.15, -0.1) is 0 Å². The number of nitrogens with one attached hydrogen (secondary N) is 1. The van der Waals surface area contributed by atoms with Crippen LogP contribution in [0.5, 0.6) is 5.88 Å². The van der Waals surface area contributed by atoms with Crippen molar-refractivity contribution in [2.45, 2.75) is 62.9 Å². The van der Waals surface area contributed by atoms with Crippen LogP contribution in [0, 0.1) is 11.3 Å². The molecule has 1 spiro atoms. The molecule has 2 aromatic heterocycles. The Balaban J connectivity index is 1.26. The number of aryl methyl sites for hydroxylation is 1. The topological polar surface area (TPSA) is 139 Å². The normalized spacial score (nSPS) is 23.1. The predicted molar refractivity (Wildman–Crippen MR) is 162 cm³/mol. The summed E-state index contributed by atoms with van der Waals surface area (Å²) < 4.78 is 18.0. The molecule has 0 amide bonds. The van der Waals surface area contributed by atoms with Crippen LogP contribution in [0.4, 0.5) is 11.5 Å². The molecule has 2 unspecified atom stereocenters. The molecule has 3 aromatic rings. The average molecular weight is 585 g/mol. The van der Waals surface area contributed by atoms with Gasteiger partial charge in [-0.25, -0.2) is 4.98 Å². The highest BCUT2D eigenvalue weighted by Crippen LogP contribution is 2.44. The molecule has 1 aromatic carbocycles. The van der Waals surface area contributed by atoms with Crippen molar-refractivity contribution in [2.24, 2.45) is 0 Å². The minimum atomic E-state index is -0.0958. The Hall–Kier alpha value is -3.72. The van der Waals surface area contributed by atoms with Crippen molar-refractivity contribution in [3.8, 4) is 23.5 Å². The number of nitriles is 1. The summed E-state index contributed by atoms with van der Waals surface area (Å²) in [6, 6.07) is 8.56. The molecule has 3 fully saturated rings. The highest BCUT2D eigenvalue weighted by atomic mass is 16.5. The number of likely N-dealkylation sites (tertiary alicyclic amines) is 1. The van der Waals surface area contributed by atoms with E-state index in [0.29, 0.717) is 54.5 Å². The zero-order valence-corrected chi connectivity index (χ0v) is 25.1. The molecule has 226 valence electrons. The molecule has 7 rings (SSSR count). The fraction of sp³-hybridized carbons (Fsp3) is 0.562. The summed E-state index contributed by atoms with van der Waals surface area (Å²) in [6.07, 6.45) is 5.71. The van der Waals surface area contributed by atoms with Crippen molar-refractivity contribution in [2.75, 3.05) is 63.7 Å². The Bertz CT molecular complexity index is 1540. The lowest BCUT2D eigenvalue weighted by Gasteiger charge is -2.49. The number of benzene rings is 1. The van der Waals surface area contributed by atoms with Crippen molar-refractivity contribution in [1.82, 2.24) is 25.3 Å². The Morgan fingerprint density at radius 1 is 1.21 bits per heavy atom. The zero-order chi connectivity index (χ0) is 29.6. The minimum absolute atomic E-state index is 0.0375. The highest BCUT2D eigenvalue weighted by Gasteiger charge is 2.43. The third kappa shape index (κ3) is 5.11. The van der Waals surface area contributed by atoms with E-state index in [9.17, 15) is 5.26 Å². The first-order valence-corrected chi connectivity index (χ1v) is 15.6. The second-order valence-corrected chi connectivity index (χ2v) is 12.5. The molecule has 2 atom stereocenters. The fourth-order valence-electron chi connectivity index (χ4n) is 7.23. The van der Waals surface area contributed by atoms with Crippen molar-refractivity contribution >= 4 is 11.5 Å². The van der Waals surface area contributed by atoms with Gasteiger partial charge in [-0.3, -0.25) is 0 Å². The summed E-state index contributed by atoms with van der Waals surface area (Å²) in [4.78, 5) is 14.6. The van der Waals surface area contributed by atoms with Gasteiger partial charge in [0.1, 0.15) is 24.3 Å². The maximum atomic E-state index is 10.0. The van der Waals surface area contributed by atoms with E-state index >= 15 is 0 Å². The van der Waals surface area contributed by atoms with Crippen LogP contribution < -0.4 is 20.7 Å². The summed E-state index contributed by atoms with van der Waals surface area (Å²) >= 11 is 0. The maximum absolute atomic E-state index is 10.0. The number of nitrogens with two attached hydrogens (primary N) is 1. The number of nitrogen functional groups attached to an aromatic ring is 1. The lowest BCUT2D eigenvalue weighted by atomic mass is 9.78.